The first kappa shape index (κ1) is 9.22. The fraction of sp³-hybridized carbons (Fsp3) is 1.00. The minimum Gasteiger partial charge on any atom is -0.234 e. The Morgan fingerprint density at radius 2 is 2.33 bits per heavy atom. The summed E-state index contributed by atoms with van der Waals surface area (Å²) in [5.41, 5.74) is 0. The normalized spacial score (nSPS) is 9.44. The Kier molecular flexibility index (Phi) is 8.42. The number of nitrogens with zero attached hydrogens (tertiary/aromatic N) is 1. The van der Waals surface area contributed by atoms with Crippen LogP contribution in [-0.2, 0) is 4.28 Å². The van der Waals surface area contributed by atoms with Crippen LogP contribution in [0.4, 0.5) is 0 Å². The minimum absolute atomic E-state index is 0.736. The third-order valence-electron chi connectivity index (χ3n) is 0.584. The van der Waals surface area contributed by atoms with Crippen LogP contribution >= 0.6 is 24.0 Å². The molecule has 54 valence electrons. The average molecular weight is 168 g/mol. The molecule has 0 unspecified atom stereocenters. The van der Waals surface area contributed by atoms with E-state index >= 15 is 0 Å². The average Bonchev–Trinajstić information content (AvgIpc) is 1.89. The number of nitroso groups, excluding NO2 is 1. The van der Waals surface area contributed by atoms with Gasteiger partial charge in [-0.2, -0.15) is 0 Å². The molecule has 0 aromatic carbocycles. The molecule has 0 heterocycles. The van der Waals surface area contributed by atoms with Crippen molar-refractivity contribution in [3.63, 3.8) is 0 Å². The van der Waals surface area contributed by atoms with E-state index < -0.39 is 0 Å². The lowest BCUT2D eigenvalue weighted by Crippen LogP contribution is -1.90. The molecule has 0 aromatic heterocycles. The number of rotatable bonds is 6. The molecule has 0 saturated heterocycles. The van der Waals surface area contributed by atoms with E-state index in [0.717, 1.165) is 29.9 Å². The first-order valence-electron chi connectivity index (χ1n) is 2.34. The van der Waals surface area contributed by atoms with Crippen LogP contribution in [0.5, 0.6) is 0 Å². The van der Waals surface area contributed by atoms with Crippen LogP contribution in [0.15, 0.2) is 4.58 Å². The number of hydrogen-bond donors (Lipinski definition) is 1. The van der Waals surface area contributed by atoms with Gasteiger partial charge in [-0.3, -0.25) is 0 Å². The highest BCUT2D eigenvalue weighted by Gasteiger charge is 1.88. The molecule has 6 heteroatoms. The molecule has 0 aliphatic rings. The summed E-state index contributed by atoms with van der Waals surface area (Å²) in [7, 11) is 0. The van der Waals surface area contributed by atoms with Crippen LogP contribution in [-0.4, -0.2) is 11.5 Å². The van der Waals surface area contributed by atoms with Crippen LogP contribution in [0, 0.1) is 4.91 Å². The molecular weight excluding hydrogens is 160 g/mol. The first-order valence-corrected chi connectivity index (χ1v) is 4.20. The van der Waals surface area contributed by atoms with Crippen molar-refractivity contribution < 1.29 is 4.28 Å². The Hall–Kier alpha value is 0.220. The van der Waals surface area contributed by atoms with Crippen molar-refractivity contribution in [3.05, 3.63) is 4.91 Å². The molecule has 0 fully saturated rings. The highest BCUT2D eigenvalue weighted by atomic mass is 32.2. The zero-order valence-corrected chi connectivity index (χ0v) is 6.41. The minimum atomic E-state index is 0.736. The second-order valence-corrected chi connectivity index (χ2v) is 2.83. The fourth-order valence-corrected chi connectivity index (χ4v) is 1.16. The topological polar surface area (TPSA) is 64.7 Å². The number of nitrogens with two attached hydrogens (primary N) is 1. The highest BCUT2D eigenvalue weighted by Crippen LogP contribution is 2.06. The maximum atomic E-state index is 9.49. The van der Waals surface area contributed by atoms with Gasteiger partial charge in [-0.05, 0) is 6.42 Å². The summed E-state index contributed by atoms with van der Waals surface area (Å²) in [6.45, 7) is 0. The molecule has 0 atom stereocenters. The third kappa shape index (κ3) is 8.22. The van der Waals surface area contributed by atoms with Crippen LogP contribution in [0.3, 0.4) is 0 Å². The summed E-state index contributed by atoms with van der Waals surface area (Å²) < 4.78 is 6.84. The Morgan fingerprint density at radius 3 is 2.89 bits per heavy atom. The predicted octanol–water partition coefficient (Wildman–Crippen LogP) is 1.33. The standard InChI is InChI=1S/C3H8N2O2S2/c4-7-9-3-1-2-8-5-6/h1-4H2. The second-order valence-electron chi connectivity index (χ2n) is 1.18. The van der Waals surface area contributed by atoms with Gasteiger partial charge < -0.3 is 0 Å². The maximum absolute atomic E-state index is 9.49. The fourth-order valence-electron chi connectivity index (χ4n) is 0.268. The van der Waals surface area contributed by atoms with E-state index in [1.807, 2.05) is 0 Å². The van der Waals surface area contributed by atoms with Gasteiger partial charge >= 0.3 is 0 Å². The van der Waals surface area contributed by atoms with E-state index in [0.29, 0.717) is 0 Å². The van der Waals surface area contributed by atoms with E-state index in [1.54, 1.807) is 0 Å². The van der Waals surface area contributed by atoms with Gasteiger partial charge in [0.25, 0.3) is 0 Å². The van der Waals surface area contributed by atoms with E-state index in [4.69, 9.17) is 5.90 Å². The molecule has 0 rings (SSSR count). The van der Waals surface area contributed by atoms with E-state index in [9.17, 15) is 4.91 Å². The molecule has 2 N–H and O–H groups in total. The zero-order chi connectivity index (χ0) is 6.95. The van der Waals surface area contributed by atoms with Crippen molar-refractivity contribution in [2.45, 2.75) is 6.42 Å². The zero-order valence-electron chi connectivity index (χ0n) is 4.78. The van der Waals surface area contributed by atoms with Crippen molar-refractivity contribution >= 4 is 24.0 Å². The van der Waals surface area contributed by atoms with Crippen molar-refractivity contribution in [1.82, 2.24) is 0 Å². The van der Waals surface area contributed by atoms with E-state index in [-0.39, 0.29) is 0 Å². The van der Waals surface area contributed by atoms with Gasteiger partial charge in [-0.25, -0.2) is 10.2 Å². The summed E-state index contributed by atoms with van der Waals surface area (Å²) in [5.74, 6) is 6.25. The van der Waals surface area contributed by atoms with Gasteiger partial charge in [0, 0.05) is 40.1 Å². The monoisotopic (exact) mass is 168 g/mol. The lowest BCUT2D eigenvalue weighted by molar-refractivity contribution is 0.398. The summed E-state index contributed by atoms with van der Waals surface area (Å²) in [4.78, 5) is 9.49. The molecule has 0 aliphatic heterocycles. The lowest BCUT2D eigenvalue weighted by atomic mass is 10.6. The largest absolute Gasteiger partial charge is 0.234 e. The Labute approximate surface area is 62.2 Å². The van der Waals surface area contributed by atoms with Crippen molar-refractivity contribution in [3.8, 4) is 0 Å². The van der Waals surface area contributed by atoms with Gasteiger partial charge in [-0.15, -0.1) is 4.91 Å². The molecule has 4 nitrogen and oxygen atoms in total. The van der Waals surface area contributed by atoms with Crippen LogP contribution in [0.25, 0.3) is 0 Å². The molecular formula is C3H8N2O2S2. The van der Waals surface area contributed by atoms with Crippen LogP contribution < -0.4 is 5.90 Å². The molecule has 0 radical (unpaired) electrons. The van der Waals surface area contributed by atoms with E-state index in [2.05, 4.69) is 8.87 Å². The van der Waals surface area contributed by atoms with Gasteiger partial charge in [0.15, 0.2) is 0 Å². The van der Waals surface area contributed by atoms with Gasteiger partial charge in [-0.1, -0.05) is 0 Å². The second kappa shape index (κ2) is 8.22. The maximum Gasteiger partial charge on any atom is 0.0226 e. The Balaban J connectivity index is 2.66. The van der Waals surface area contributed by atoms with Gasteiger partial charge in [0.1, 0.15) is 0 Å². The quantitative estimate of drug-likeness (QED) is 0.213. The Morgan fingerprint density at radius 1 is 1.56 bits per heavy atom. The number of hydrogen-bond acceptors (Lipinski definition) is 6. The SMILES string of the molecule is NOSCCCSN=O. The molecule has 0 saturated carbocycles. The molecule has 0 aromatic rings. The molecule has 0 amide bonds. The Bertz CT molecular complexity index is 72.8. The first-order chi connectivity index (χ1) is 4.41. The van der Waals surface area contributed by atoms with Gasteiger partial charge in [0.05, 0.1) is 0 Å². The summed E-state index contributed by atoms with van der Waals surface area (Å²) in [5, 5.41) is 0. The predicted molar refractivity (Wildman–Crippen MR) is 40.6 cm³/mol. The van der Waals surface area contributed by atoms with E-state index in [1.165, 1.54) is 12.0 Å². The molecule has 0 aliphatic carbocycles. The third-order valence-corrected chi connectivity index (χ3v) is 1.75. The van der Waals surface area contributed by atoms with Crippen LogP contribution in [0.1, 0.15) is 6.42 Å². The summed E-state index contributed by atoms with van der Waals surface area (Å²) in [6, 6.07) is 0. The van der Waals surface area contributed by atoms with Crippen LogP contribution in [0.2, 0.25) is 0 Å². The highest BCUT2D eigenvalue weighted by molar-refractivity contribution is 7.98. The van der Waals surface area contributed by atoms with Gasteiger partial charge in [0.2, 0.25) is 0 Å². The van der Waals surface area contributed by atoms with Crippen molar-refractivity contribution in [1.29, 1.82) is 0 Å². The van der Waals surface area contributed by atoms with Crippen molar-refractivity contribution in [2.24, 2.45) is 10.5 Å². The van der Waals surface area contributed by atoms with Crippen molar-refractivity contribution in [2.75, 3.05) is 11.5 Å². The molecule has 0 spiro atoms. The summed E-state index contributed by atoms with van der Waals surface area (Å²) in [6.07, 6.45) is 0.887. The summed E-state index contributed by atoms with van der Waals surface area (Å²) >= 11 is 2.20. The molecule has 9 heavy (non-hydrogen) atoms. The smallest absolute Gasteiger partial charge is 0.0226 e. The lowest BCUT2D eigenvalue weighted by Gasteiger charge is -1.92. The molecule has 0 bridgehead atoms.